The Bertz CT molecular complexity index is 456. The van der Waals surface area contributed by atoms with E-state index in [4.69, 9.17) is 10.5 Å². The molecule has 5 heteroatoms. The summed E-state index contributed by atoms with van der Waals surface area (Å²) in [7, 11) is 0. The highest BCUT2D eigenvalue weighted by atomic mass is 16.5. The van der Waals surface area contributed by atoms with Gasteiger partial charge in [-0.1, -0.05) is 13.8 Å². The summed E-state index contributed by atoms with van der Waals surface area (Å²) in [6, 6.07) is 3.93. The Balaban J connectivity index is 1.86. The van der Waals surface area contributed by atoms with Crippen LogP contribution in [-0.2, 0) is 16.1 Å². The van der Waals surface area contributed by atoms with Crippen molar-refractivity contribution in [2.75, 3.05) is 13.2 Å². The van der Waals surface area contributed by atoms with Gasteiger partial charge in [-0.05, 0) is 19.1 Å². The fourth-order valence-corrected chi connectivity index (χ4v) is 2.80. The SMILES string of the molecule is CCOC1CC(N)(C(=O)NCCn2cccc2)C1(C)C. The van der Waals surface area contributed by atoms with Crippen molar-refractivity contribution in [2.45, 2.75) is 45.4 Å². The second-order valence-corrected chi connectivity index (χ2v) is 6.02. The van der Waals surface area contributed by atoms with Gasteiger partial charge in [0.25, 0.3) is 0 Å². The molecule has 112 valence electrons. The van der Waals surface area contributed by atoms with Gasteiger partial charge >= 0.3 is 0 Å². The maximum Gasteiger partial charge on any atom is 0.240 e. The van der Waals surface area contributed by atoms with Crippen LogP contribution < -0.4 is 11.1 Å². The molecule has 1 fully saturated rings. The Hall–Kier alpha value is -1.33. The first-order valence-corrected chi connectivity index (χ1v) is 7.21. The third kappa shape index (κ3) is 2.47. The van der Waals surface area contributed by atoms with Crippen LogP contribution in [0.5, 0.6) is 0 Å². The molecular weight excluding hydrogens is 254 g/mol. The van der Waals surface area contributed by atoms with Gasteiger partial charge in [0, 0.05) is 43.9 Å². The minimum atomic E-state index is -0.830. The number of rotatable bonds is 6. The van der Waals surface area contributed by atoms with E-state index in [-0.39, 0.29) is 17.4 Å². The van der Waals surface area contributed by atoms with E-state index < -0.39 is 5.54 Å². The molecule has 1 amide bonds. The molecular formula is C15H25N3O2. The van der Waals surface area contributed by atoms with E-state index in [0.29, 0.717) is 19.6 Å². The number of nitrogens with zero attached hydrogens (tertiary/aromatic N) is 1. The van der Waals surface area contributed by atoms with Gasteiger partial charge in [-0.15, -0.1) is 0 Å². The van der Waals surface area contributed by atoms with Crippen LogP contribution in [0.25, 0.3) is 0 Å². The summed E-state index contributed by atoms with van der Waals surface area (Å²) >= 11 is 0. The Morgan fingerprint density at radius 3 is 2.65 bits per heavy atom. The standard InChI is InChI=1S/C15H25N3O2/c1-4-20-12-11-15(16,14(12,2)3)13(19)17-7-10-18-8-5-6-9-18/h5-6,8-9,12H,4,7,10-11,16H2,1-3H3,(H,17,19). The monoisotopic (exact) mass is 279 g/mol. The lowest BCUT2D eigenvalue weighted by molar-refractivity contribution is -0.170. The van der Waals surface area contributed by atoms with Gasteiger partial charge in [0.2, 0.25) is 5.91 Å². The lowest BCUT2D eigenvalue weighted by Crippen LogP contribution is -2.75. The minimum absolute atomic E-state index is 0.0627. The molecule has 20 heavy (non-hydrogen) atoms. The number of nitrogens with two attached hydrogens (primary N) is 1. The number of hydrogen-bond acceptors (Lipinski definition) is 3. The Kier molecular flexibility index (Phi) is 4.20. The van der Waals surface area contributed by atoms with E-state index in [0.717, 1.165) is 6.54 Å². The predicted molar refractivity (Wildman–Crippen MR) is 78.2 cm³/mol. The van der Waals surface area contributed by atoms with E-state index in [1.165, 1.54) is 0 Å². The molecule has 1 aromatic heterocycles. The van der Waals surface area contributed by atoms with Gasteiger partial charge < -0.3 is 20.4 Å². The van der Waals surface area contributed by atoms with Crippen molar-refractivity contribution in [3.8, 4) is 0 Å². The zero-order chi connectivity index (χ0) is 14.8. The molecule has 0 aliphatic heterocycles. The maximum absolute atomic E-state index is 12.3. The number of aromatic nitrogens is 1. The summed E-state index contributed by atoms with van der Waals surface area (Å²) in [4.78, 5) is 12.3. The first kappa shape index (κ1) is 15.1. The van der Waals surface area contributed by atoms with E-state index in [2.05, 4.69) is 5.32 Å². The highest BCUT2D eigenvalue weighted by Gasteiger charge is 2.62. The summed E-state index contributed by atoms with van der Waals surface area (Å²) in [5.41, 5.74) is 5.14. The molecule has 0 radical (unpaired) electrons. The number of ether oxygens (including phenoxy) is 1. The number of nitrogens with one attached hydrogen (secondary N) is 1. The van der Waals surface area contributed by atoms with Gasteiger partial charge in [-0.25, -0.2) is 0 Å². The van der Waals surface area contributed by atoms with Crippen LogP contribution in [-0.4, -0.2) is 35.3 Å². The first-order valence-electron chi connectivity index (χ1n) is 7.21. The molecule has 0 spiro atoms. The van der Waals surface area contributed by atoms with Crippen molar-refractivity contribution >= 4 is 5.91 Å². The van der Waals surface area contributed by atoms with Crippen molar-refractivity contribution in [3.05, 3.63) is 24.5 Å². The molecule has 3 N–H and O–H groups in total. The molecule has 0 saturated heterocycles. The van der Waals surface area contributed by atoms with Crippen LogP contribution in [0.15, 0.2) is 24.5 Å². The molecule has 1 saturated carbocycles. The fourth-order valence-electron chi connectivity index (χ4n) is 2.80. The van der Waals surface area contributed by atoms with Gasteiger partial charge in [0.1, 0.15) is 5.54 Å². The summed E-state index contributed by atoms with van der Waals surface area (Å²) in [6.07, 6.45) is 4.60. The number of hydrogen-bond donors (Lipinski definition) is 2. The van der Waals surface area contributed by atoms with E-state index in [1.54, 1.807) is 0 Å². The van der Waals surface area contributed by atoms with Crippen LogP contribution >= 0.6 is 0 Å². The fraction of sp³-hybridized carbons (Fsp3) is 0.667. The van der Waals surface area contributed by atoms with Crippen LogP contribution in [0.3, 0.4) is 0 Å². The van der Waals surface area contributed by atoms with E-state index in [9.17, 15) is 4.79 Å². The van der Waals surface area contributed by atoms with Crippen LogP contribution in [0.4, 0.5) is 0 Å². The summed E-state index contributed by atoms with van der Waals surface area (Å²) in [5.74, 6) is -0.0781. The van der Waals surface area contributed by atoms with E-state index in [1.807, 2.05) is 49.9 Å². The van der Waals surface area contributed by atoms with Crippen LogP contribution in [0.1, 0.15) is 27.2 Å². The topological polar surface area (TPSA) is 69.3 Å². The minimum Gasteiger partial charge on any atom is -0.378 e. The van der Waals surface area contributed by atoms with Crippen LogP contribution in [0, 0.1) is 5.41 Å². The average Bonchev–Trinajstić information content (AvgIpc) is 2.91. The molecule has 5 nitrogen and oxygen atoms in total. The molecule has 1 aromatic rings. The summed E-state index contributed by atoms with van der Waals surface area (Å²) in [6.45, 7) is 7.96. The largest absolute Gasteiger partial charge is 0.378 e. The average molecular weight is 279 g/mol. The third-order valence-corrected chi connectivity index (χ3v) is 4.56. The highest BCUT2D eigenvalue weighted by molar-refractivity contribution is 5.88. The zero-order valence-corrected chi connectivity index (χ0v) is 12.6. The predicted octanol–water partition coefficient (Wildman–Crippen LogP) is 1.14. The smallest absolute Gasteiger partial charge is 0.240 e. The normalized spacial score (nSPS) is 27.9. The molecule has 0 bridgehead atoms. The second kappa shape index (κ2) is 5.58. The highest BCUT2D eigenvalue weighted by Crippen LogP contribution is 2.49. The van der Waals surface area contributed by atoms with Crippen molar-refractivity contribution < 1.29 is 9.53 Å². The van der Waals surface area contributed by atoms with Gasteiger partial charge in [-0.2, -0.15) is 0 Å². The van der Waals surface area contributed by atoms with Gasteiger partial charge in [-0.3, -0.25) is 4.79 Å². The Labute approximate surface area is 120 Å². The lowest BCUT2D eigenvalue weighted by Gasteiger charge is -2.57. The molecule has 1 aliphatic rings. The maximum atomic E-state index is 12.3. The second-order valence-electron chi connectivity index (χ2n) is 6.02. The number of amides is 1. The Morgan fingerprint density at radius 1 is 1.45 bits per heavy atom. The summed E-state index contributed by atoms with van der Waals surface area (Å²) in [5, 5.41) is 2.94. The van der Waals surface area contributed by atoms with Crippen molar-refractivity contribution in [1.29, 1.82) is 0 Å². The summed E-state index contributed by atoms with van der Waals surface area (Å²) < 4.78 is 7.66. The van der Waals surface area contributed by atoms with Crippen molar-refractivity contribution in [1.82, 2.24) is 9.88 Å². The number of carbonyl (C=O) groups excluding carboxylic acids is 1. The first-order chi connectivity index (χ1) is 9.41. The molecule has 2 rings (SSSR count). The Morgan fingerprint density at radius 2 is 2.10 bits per heavy atom. The molecule has 2 atom stereocenters. The molecule has 0 aromatic carbocycles. The van der Waals surface area contributed by atoms with Crippen molar-refractivity contribution in [2.24, 2.45) is 11.1 Å². The molecule has 1 aliphatic carbocycles. The van der Waals surface area contributed by atoms with Gasteiger partial charge in [0.05, 0.1) is 6.10 Å². The van der Waals surface area contributed by atoms with Crippen LogP contribution in [0.2, 0.25) is 0 Å². The van der Waals surface area contributed by atoms with E-state index >= 15 is 0 Å². The molecule has 2 unspecified atom stereocenters. The zero-order valence-electron chi connectivity index (χ0n) is 12.6. The molecule has 1 heterocycles. The number of carbonyl (C=O) groups is 1. The lowest BCUT2D eigenvalue weighted by atomic mass is 9.54. The van der Waals surface area contributed by atoms with Crippen molar-refractivity contribution in [3.63, 3.8) is 0 Å². The quantitative estimate of drug-likeness (QED) is 0.820. The van der Waals surface area contributed by atoms with Gasteiger partial charge in [0.15, 0.2) is 0 Å². The third-order valence-electron chi connectivity index (χ3n) is 4.56.